The molecule has 2 rings (SSSR count). The van der Waals surface area contributed by atoms with E-state index in [1.807, 2.05) is 6.07 Å². The van der Waals surface area contributed by atoms with Crippen molar-refractivity contribution in [2.75, 3.05) is 32.7 Å². The van der Waals surface area contributed by atoms with Crippen molar-refractivity contribution in [3.8, 4) is 0 Å². The first kappa shape index (κ1) is 20.7. The summed E-state index contributed by atoms with van der Waals surface area (Å²) in [5, 5.41) is 10.8. The van der Waals surface area contributed by atoms with Gasteiger partial charge in [0.05, 0.1) is 5.69 Å². The number of aromatic nitrogens is 1. The molecule has 0 radical (unpaired) electrons. The zero-order chi connectivity index (χ0) is 18.6. The summed E-state index contributed by atoms with van der Waals surface area (Å²) < 4.78 is 5.35. The molecule has 1 aromatic rings. The number of aliphatic imine (C=N–C) groups is 1. The van der Waals surface area contributed by atoms with Gasteiger partial charge in [-0.15, -0.1) is 0 Å². The molecule has 1 aliphatic heterocycles. The number of guanidine groups is 1. The van der Waals surface area contributed by atoms with Gasteiger partial charge in [0.1, 0.15) is 6.54 Å². The van der Waals surface area contributed by atoms with Gasteiger partial charge in [-0.25, -0.2) is 4.99 Å². The van der Waals surface area contributed by atoms with Gasteiger partial charge in [0.2, 0.25) is 0 Å². The normalized spacial score (nSPS) is 16.2. The molecule has 0 aromatic carbocycles. The largest absolute Gasteiger partial charge is 0.359 e. The molecule has 1 saturated heterocycles. The predicted molar refractivity (Wildman–Crippen MR) is 108 cm³/mol. The van der Waals surface area contributed by atoms with Crippen molar-refractivity contribution in [2.45, 2.75) is 71.8 Å². The minimum Gasteiger partial charge on any atom is -0.359 e. The molecule has 0 saturated carbocycles. The van der Waals surface area contributed by atoms with Crippen LogP contribution in [0.15, 0.2) is 15.6 Å². The van der Waals surface area contributed by atoms with E-state index >= 15 is 0 Å². The van der Waals surface area contributed by atoms with Gasteiger partial charge >= 0.3 is 0 Å². The molecule has 2 N–H and O–H groups in total. The van der Waals surface area contributed by atoms with Gasteiger partial charge in [0.15, 0.2) is 11.7 Å². The molecule has 148 valence electrons. The van der Waals surface area contributed by atoms with E-state index in [1.54, 1.807) is 0 Å². The van der Waals surface area contributed by atoms with Crippen molar-refractivity contribution in [1.29, 1.82) is 0 Å². The molecule has 0 bridgehead atoms. The van der Waals surface area contributed by atoms with Crippen LogP contribution in [-0.4, -0.2) is 48.7 Å². The maximum Gasteiger partial charge on any atom is 0.191 e. The number of unbranched alkanes of at least 4 members (excludes halogenated alkanes) is 2. The second-order valence-corrected chi connectivity index (χ2v) is 7.46. The highest BCUT2D eigenvalue weighted by molar-refractivity contribution is 5.79. The summed E-state index contributed by atoms with van der Waals surface area (Å²) in [4.78, 5) is 7.22. The van der Waals surface area contributed by atoms with Crippen LogP contribution in [0.2, 0.25) is 0 Å². The molecule has 0 aliphatic carbocycles. The maximum atomic E-state index is 5.35. The van der Waals surface area contributed by atoms with Crippen LogP contribution >= 0.6 is 0 Å². The molecule has 6 nitrogen and oxygen atoms in total. The average Bonchev–Trinajstić information content (AvgIpc) is 3.12. The Morgan fingerprint density at radius 2 is 2.00 bits per heavy atom. The first-order valence-corrected chi connectivity index (χ1v) is 10.4. The molecular formula is C20H37N5O. The molecule has 6 heteroatoms. The van der Waals surface area contributed by atoms with Crippen LogP contribution in [0, 0.1) is 0 Å². The van der Waals surface area contributed by atoms with Crippen molar-refractivity contribution in [3.05, 3.63) is 17.5 Å². The lowest BCUT2D eigenvalue weighted by molar-refractivity contribution is 0.224. The van der Waals surface area contributed by atoms with E-state index in [1.165, 1.54) is 58.2 Å². The Hall–Kier alpha value is -1.56. The fourth-order valence-corrected chi connectivity index (χ4v) is 3.20. The average molecular weight is 364 g/mol. The minimum absolute atomic E-state index is 0.382. The van der Waals surface area contributed by atoms with Gasteiger partial charge in [-0.1, -0.05) is 31.8 Å². The van der Waals surface area contributed by atoms with Crippen LogP contribution in [-0.2, 0) is 6.54 Å². The first-order valence-electron chi connectivity index (χ1n) is 10.4. The number of nitrogens with zero attached hydrogens (tertiary/aromatic N) is 3. The van der Waals surface area contributed by atoms with E-state index in [-0.39, 0.29) is 0 Å². The third-order valence-corrected chi connectivity index (χ3v) is 4.80. The number of piperidine rings is 1. The second-order valence-electron chi connectivity index (χ2n) is 7.46. The van der Waals surface area contributed by atoms with Crippen molar-refractivity contribution in [2.24, 2.45) is 4.99 Å². The van der Waals surface area contributed by atoms with Gasteiger partial charge < -0.3 is 20.1 Å². The Balaban J connectivity index is 1.63. The van der Waals surface area contributed by atoms with Crippen LogP contribution in [0.3, 0.4) is 0 Å². The number of likely N-dealkylation sites (tertiary alicyclic amines) is 1. The summed E-state index contributed by atoms with van der Waals surface area (Å²) in [6.45, 7) is 12.5. The van der Waals surface area contributed by atoms with E-state index in [0.717, 1.165) is 30.5 Å². The molecule has 0 amide bonds. The summed E-state index contributed by atoms with van der Waals surface area (Å²) >= 11 is 0. The minimum atomic E-state index is 0.382. The standard InChI is InChI=1S/C20H37N5O/c1-4-21-20(23-16-18-15-19(17(2)3)24-26-18)22-11-7-5-8-12-25-13-9-6-10-14-25/h15,17H,4-14,16H2,1-3H3,(H2,21,22,23). The third-order valence-electron chi connectivity index (χ3n) is 4.80. The van der Waals surface area contributed by atoms with Crippen molar-refractivity contribution in [1.82, 2.24) is 20.7 Å². The quantitative estimate of drug-likeness (QED) is 0.378. The van der Waals surface area contributed by atoms with Crippen LogP contribution < -0.4 is 10.6 Å². The number of nitrogens with one attached hydrogen (secondary N) is 2. The first-order chi connectivity index (χ1) is 12.7. The highest BCUT2D eigenvalue weighted by atomic mass is 16.5. The van der Waals surface area contributed by atoms with Crippen LogP contribution in [0.25, 0.3) is 0 Å². The third kappa shape index (κ3) is 7.77. The Bertz CT molecular complexity index is 520. The van der Waals surface area contributed by atoms with Crippen molar-refractivity contribution >= 4 is 5.96 Å². The molecule has 0 spiro atoms. The summed E-state index contributed by atoms with van der Waals surface area (Å²) in [5.41, 5.74) is 0.988. The monoisotopic (exact) mass is 363 g/mol. The highest BCUT2D eigenvalue weighted by Crippen LogP contribution is 2.14. The molecular weight excluding hydrogens is 326 g/mol. The van der Waals surface area contributed by atoms with E-state index in [4.69, 9.17) is 4.52 Å². The van der Waals surface area contributed by atoms with Crippen molar-refractivity contribution < 1.29 is 4.52 Å². The molecule has 2 heterocycles. The smallest absolute Gasteiger partial charge is 0.191 e. The molecule has 0 atom stereocenters. The van der Waals surface area contributed by atoms with E-state index in [9.17, 15) is 0 Å². The fourth-order valence-electron chi connectivity index (χ4n) is 3.20. The Morgan fingerprint density at radius 3 is 2.69 bits per heavy atom. The number of hydrogen-bond donors (Lipinski definition) is 2. The van der Waals surface area contributed by atoms with Crippen molar-refractivity contribution in [3.63, 3.8) is 0 Å². The summed E-state index contributed by atoms with van der Waals surface area (Å²) in [6.07, 6.45) is 7.92. The van der Waals surface area contributed by atoms with Crippen LogP contribution in [0.4, 0.5) is 0 Å². The van der Waals surface area contributed by atoms with E-state index < -0.39 is 0 Å². The Labute approximate surface area is 158 Å². The summed E-state index contributed by atoms with van der Waals surface area (Å²) in [5.74, 6) is 2.05. The lowest BCUT2D eigenvalue weighted by Gasteiger charge is -2.26. The molecule has 26 heavy (non-hydrogen) atoms. The Morgan fingerprint density at radius 1 is 1.19 bits per heavy atom. The molecule has 1 aromatic heterocycles. The van der Waals surface area contributed by atoms with Crippen LogP contribution in [0.5, 0.6) is 0 Å². The fraction of sp³-hybridized carbons (Fsp3) is 0.800. The lowest BCUT2D eigenvalue weighted by Crippen LogP contribution is -2.37. The van der Waals surface area contributed by atoms with Gasteiger partial charge in [0, 0.05) is 19.2 Å². The number of hydrogen-bond acceptors (Lipinski definition) is 4. The lowest BCUT2D eigenvalue weighted by atomic mass is 10.1. The van der Waals surface area contributed by atoms with Gasteiger partial charge in [-0.2, -0.15) is 0 Å². The second kappa shape index (κ2) is 11.9. The summed E-state index contributed by atoms with van der Waals surface area (Å²) in [7, 11) is 0. The van der Waals surface area contributed by atoms with Gasteiger partial charge in [0.25, 0.3) is 0 Å². The highest BCUT2D eigenvalue weighted by Gasteiger charge is 2.09. The Kier molecular flexibility index (Phi) is 9.53. The predicted octanol–water partition coefficient (Wildman–Crippen LogP) is 3.51. The van der Waals surface area contributed by atoms with Gasteiger partial charge in [-0.05, 0) is 58.2 Å². The topological polar surface area (TPSA) is 65.7 Å². The van der Waals surface area contributed by atoms with E-state index in [0.29, 0.717) is 12.5 Å². The van der Waals surface area contributed by atoms with Crippen LogP contribution in [0.1, 0.15) is 76.7 Å². The number of rotatable bonds is 10. The molecule has 1 fully saturated rings. The zero-order valence-corrected chi connectivity index (χ0v) is 16.9. The molecule has 0 unspecified atom stereocenters. The maximum absolute atomic E-state index is 5.35. The van der Waals surface area contributed by atoms with Gasteiger partial charge in [-0.3, -0.25) is 0 Å². The summed E-state index contributed by atoms with van der Waals surface area (Å²) in [6, 6.07) is 2.00. The SMILES string of the molecule is CCNC(=NCc1cc(C(C)C)no1)NCCCCCN1CCCCC1. The molecule has 1 aliphatic rings. The van der Waals surface area contributed by atoms with E-state index in [2.05, 4.69) is 46.5 Å². The zero-order valence-electron chi connectivity index (χ0n) is 16.9.